The first-order chi connectivity index (χ1) is 10.3. The zero-order valence-electron chi connectivity index (χ0n) is 12.4. The maximum absolute atomic E-state index is 11.8. The zero-order valence-corrected chi connectivity index (χ0v) is 13.2. The van der Waals surface area contributed by atoms with E-state index in [4.69, 9.17) is 9.84 Å². The molecule has 0 heterocycles. The van der Waals surface area contributed by atoms with E-state index in [1.807, 2.05) is 0 Å². The van der Waals surface area contributed by atoms with Crippen molar-refractivity contribution in [2.45, 2.75) is 19.9 Å². The van der Waals surface area contributed by atoms with Crippen LogP contribution in [-0.4, -0.2) is 52.9 Å². The van der Waals surface area contributed by atoms with Gasteiger partial charge in [-0.15, -0.1) is 0 Å². The number of rotatable bonds is 8. The van der Waals surface area contributed by atoms with Crippen molar-refractivity contribution >= 4 is 35.4 Å². The second-order valence-electron chi connectivity index (χ2n) is 4.96. The van der Waals surface area contributed by atoms with E-state index in [0.29, 0.717) is 5.75 Å². The van der Waals surface area contributed by atoms with Gasteiger partial charge in [0.15, 0.2) is 5.78 Å². The topological polar surface area (TPSA) is 110 Å². The van der Waals surface area contributed by atoms with E-state index < -0.39 is 23.9 Å². The highest BCUT2D eigenvalue weighted by Crippen LogP contribution is 2.26. The molecular formula is C14H19NO6S. The van der Waals surface area contributed by atoms with Gasteiger partial charge in [-0.1, -0.05) is 6.08 Å². The summed E-state index contributed by atoms with van der Waals surface area (Å²) in [6, 6.07) is -0.987. The van der Waals surface area contributed by atoms with E-state index in [1.165, 1.54) is 31.7 Å². The van der Waals surface area contributed by atoms with Crippen LogP contribution in [0.3, 0.4) is 0 Å². The zero-order chi connectivity index (χ0) is 16.7. The Hall–Kier alpha value is -1.83. The highest BCUT2D eigenvalue weighted by Gasteiger charge is 2.31. The van der Waals surface area contributed by atoms with Crippen molar-refractivity contribution in [2.24, 2.45) is 11.8 Å². The van der Waals surface area contributed by atoms with Gasteiger partial charge in [0.1, 0.15) is 6.04 Å². The number of allylic oxidation sites excluding steroid dienone is 1. The first kappa shape index (κ1) is 18.2. The lowest BCUT2D eigenvalue weighted by Crippen LogP contribution is -2.41. The number of carbonyl (C=O) groups excluding carboxylic acids is 3. The van der Waals surface area contributed by atoms with Crippen LogP contribution in [0.2, 0.25) is 0 Å². The largest absolute Gasteiger partial charge is 0.480 e. The van der Waals surface area contributed by atoms with Gasteiger partial charge < -0.3 is 15.2 Å². The van der Waals surface area contributed by atoms with Crippen molar-refractivity contribution in [3.8, 4) is 0 Å². The third-order valence-electron chi connectivity index (χ3n) is 3.13. The molecule has 0 bridgehead atoms. The smallest absolute Gasteiger partial charge is 0.327 e. The SMILES string of the molecule is CC(=O)N[C@@H](CSCC1C(=O)C=CC1COC(C)=O)C(=O)O. The molecule has 2 unspecified atom stereocenters. The van der Waals surface area contributed by atoms with E-state index in [-0.39, 0.29) is 30.0 Å². The van der Waals surface area contributed by atoms with Gasteiger partial charge in [0.25, 0.3) is 0 Å². The fourth-order valence-electron chi connectivity index (χ4n) is 2.01. The molecule has 0 aromatic rings. The predicted octanol–water partition coefficient (Wildman–Crippen LogP) is 0.243. The Morgan fingerprint density at radius 2 is 2.09 bits per heavy atom. The average Bonchev–Trinajstić information content (AvgIpc) is 2.75. The Balaban J connectivity index is 2.47. The molecule has 0 spiro atoms. The van der Waals surface area contributed by atoms with Gasteiger partial charge in [0, 0.05) is 37.2 Å². The van der Waals surface area contributed by atoms with Crippen molar-refractivity contribution in [3.05, 3.63) is 12.2 Å². The van der Waals surface area contributed by atoms with Gasteiger partial charge in [-0.2, -0.15) is 11.8 Å². The van der Waals surface area contributed by atoms with Crippen LogP contribution in [0.1, 0.15) is 13.8 Å². The van der Waals surface area contributed by atoms with Crippen LogP contribution in [0.25, 0.3) is 0 Å². The number of carboxylic acids is 1. The van der Waals surface area contributed by atoms with E-state index in [1.54, 1.807) is 6.08 Å². The molecule has 0 aliphatic heterocycles. The first-order valence-electron chi connectivity index (χ1n) is 6.74. The summed E-state index contributed by atoms with van der Waals surface area (Å²) in [5.41, 5.74) is 0. The number of thioether (sulfide) groups is 1. The van der Waals surface area contributed by atoms with Gasteiger partial charge in [-0.25, -0.2) is 4.79 Å². The van der Waals surface area contributed by atoms with E-state index in [0.717, 1.165) is 0 Å². The van der Waals surface area contributed by atoms with Gasteiger partial charge in [0.05, 0.1) is 6.61 Å². The molecule has 0 radical (unpaired) electrons. The van der Waals surface area contributed by atoms with Crippen molar-refractivity contribution in [3.63, 3.8) is 0 Å². The van der Waals surface area contributed by atoms with Crippen molar-refractivity contribution < 1.29 is 29.0 Å². The average molecular weight is 329 g/mol. The van der Waals surface area contributed by atoms with Crippen LogP contribution in [0, 0.1) is 11.8 Å². The Bertz CT molecular complexity index is 490. The maximum atomic E-state index is 11.8. The number of hydrogen-bond donors (Lipinski definition) is 2. The lowest BCUT2D eigenvalue weighted by Gasteiger charge is -2.19. The molecule has 0 aromatic heterocycles. The third-order valence-corrected chi connectivity index (χ3v) is 4.29. The van der Waals surface area contributed by atoms with Crippen LogP contribution in [0.5, 0.6) is 0 Å². The number of hydrogen-bond acceptors (Lipinski definition) is 6. The van der Waals surface area contributed by atoms with Crippen LogP contribution in [0.15, 0.2) is 12.2 Å². The Morgan fingerprint density at radius 3 is 2.64 bits per heavy atom. The lowest BCUT2D eigenvalue weighted by molar-refractivity contribution is -0.142. The van der Waals surface area contributed by atoms with Gasteiger partial charge in [-0.3, -0.25) is 14.4 Å². The number of carbonyl (C=O) groups is 4. The summed E-state index contributed by atoms with van der Waals surface area (Å²) in [5, 5.41) is 11.3. The molecular weight excluding hydrogens is 310 g/mol. The molecule has 0 fully saturated rings. The molecule has 122 valence electrons. The molecule has 22 heavy (non-hydrogen) atoms. The predicted molar refractivity (Wildman–Crippen MR) is 80.3 cm³/mol. The summed E-state index contributed by atoms with van der Waals surface area (Å²) >= 11 is 1.27. The molecule has 1 amide bonds. The summed E-state index contributed by atoms with van der Waals surface area (Å²) in [7, 11) is 0. The Kier molecular flexibility index (Phi) is 7.10. The number of ether oxygens (including phenoxy) is 1. The van der Waals surface area contributed by atoms with E-state index >= 15 is 0 Å². The molecule has 1 aliphatic rings. The summed E-state index contributed by atoms with van der Waals surface area (Å²) in [4.78, 5) is 44.6. The van der Waals surface area contributed by atoms with Crippen LogP contribution in [0.4, 0.5) is 0 Å². The quantitative estimate of drug-likeness (QED) is 0.614. The van der Waals surface area contributed by atoms with Crippen LogP contribution in [-0.2, 0) is 23.9 Å². The van der Waals surface area contributed by atoms with Gasteiger partial charge in [0.2, 0.25) is 5.91 Å². The van der Waals surface area contributed by atoms with Crippen LogP contribution >= 0.6 is 11.8 Å². The number of aliphatic carboxylic acids is 1. The van der Waals surface area contributed by atoms with Gasteiger partial charge >= 0.3 is 11.9 Å². The van der Waals surface area contributed by atoms with Crippen molar-refractivity contribution in [1.29, 1.82) is 0 Å². The second-order valence-corrected chi connectivity index (χ2v) is 6.04. The number of nitrogens with one attached hydrogen (secondary N) is 1. The number of carboxylic acid groups (broad SMARTS) is 1. The fourth-order valence-corrected chi connectivity index (χ4v) is 3.27. The molecule has 2 N–H and O–H groups in total. The lowest BCUT2D eigenvalue weighted by atomic mass is 9.98. The fraction of sp³-hybridized carbons (Fsp3) is 0.571. The third kappa shape index (κ3) is 5.88. The summed E-state index contributed by atoms with van der Waals surface area (Å²) in [6.45, 7) is 2.69. The highest BCUT2D eigenvalue weighted by molar-refractivity contribution is 7.99. The molecule has 0 aromatic carbocycles. The molecule has 0 saturated carbocycles. The summed E-state index contributed by atoms with van der Waals surface area (Å²) < 4.78 is 4.92. The van der Waals surface area contributed by atoms with Crippen LogP contribution < -0.4 is 5.32 Å². The maximum Gasteiger partial charge on any atom is 0.327 e. The summed E-state index contributed by atoms with van der Waals surface area (Å²) in [5.74, 6) is -1.95. The summed E-state index contributed by atoms with van der Waals surface area (Å²) in [6.07, 6.45) is 3.17. The van der Waals surface area contributed by atoms with E-state index in [9.17, 15) is 19.2 Å². The molecule has 3 atom stereocenters. The standard InChI is InChI=1S/C14H19NO6S/c1-8(16)15-12(14(19)20)7-22-6-11-10(3-4-13(11)18)5-21-9(2)17/h3-4,10-12H,5-7H2,1-2H3,(H,15,16)(H,19,20)/t10?,11?,12-/m0/s1. The highest BCUT2D eigenvalue weighted by atomic mass is 32.2. The first-order valence-corrected chi connectivity index (χ1v) is 7.89. The number of amides is 1. The van der Waals surface area contributed by atoms with E-state index in [2.05, 4.69) is 5.32 Å². The Morgan fingerprint density at radius 1 is 1.41 bits per heavy atom. The van der Waals surface area contributed by atoms with Crippen molar-refractivity contribution in [1.82, 2.24) is 5.32 Å². The number of esters is 1. The Labute approximate surface area is 132 Å². The molecule has 7 nitrogen and oxygen atoms in total. The van der Waals surface area contributed by atoms with Gasteiger partial charge in [-0.05, 0) is 6.08 Å². The minimum Gasteiger partial charge on any atom is -0.480 e. The normalized spacial score (nSPS) is 21.5. The minimum atomic E-state index is -1.12. The number of ketones is 1. The van der Waals surface area contributed by atoms with Crippen molar-refractivity contribution in [2.75, 3.05) is 18.1 Å². The second kappa shape index (κ2) is 8.57. The minimum absolute atomic E-state index is 0.0592. The molecule has 1 rings (SSSR count). The molecule has 0 saturated heterocycles. The monoisotopic (exact) mass is 329 g/mol. The molecule has 8 heteroatoms. The molecule has 1 aliphatic carbocycles.